The van der Waals surface area contributed by atoms with Crippen LogP contribution in [0.2, 0.25) is 0 Å². The normalized spacial score (nSPS) is 25.4. The quantitative estimate of drug-likeness (QED) is 0.721. The van der Waals surface area contributed by atoms with Crippen molar-refractivity contribution in [1.29, 1.82) is 0 Å². The molecule has 1 aliphatic rings. The Labute approximate surface area is 99.6 Å². The van der Waals surface area contributed by atoms with Gasteiger partial charge in [0.25, 0.3) is 0 Å². The SMILES string of the molecule is CCCCC(CC)CC(N)C1CCSC1. The molecule has 1 aliphatic heterocycles. The number of nitrogens with two attached hydrogens (primary N) is 1. The fraction of sp³-hybridized carbons (Fsp3) is 1.00. The van der Waals surface area contributed by atoms with Crippen LogP contribution >= 0.6 is 11.8 Å². The summed E-state index contributed by atoms with van der Waals surface area (Å²) < 4.78 is 0. The van der Waals surface area contributed by atoms with Crippen LogP contribution in [0.1, 0.15) is 52.4 Å². The molecule has 1 nitrogen and oxygen atoms in total. The Balaban J connectivity index is 2.23. The molecule has 1 heterocycles. The van der Waals surface area contributed by atoms with Gasteiger partial charge in [-0.1, -0.05) is 39.5 Å². The fourth-order valence-corrected chi connectivity index (χ4v) is 3.80. The van der Waals surface area contributed by atoms with Crippen molar-refractivity contribution in [3.05, 3.63) is 0 Å². The highest BCUT2D eigenvalue weighted by Crippen LogP contribution is 2.29. The lowest BCUT2D eigenvalue weighted by Gasteiger charge is -2.23. The number of unbranched alkanes of at least 4 members (excludes halogenated alkanes) is 1. The van der Waals surface area contributed by atoms with Crippen molar-refractivity contribution in [2.75, 3.05) is 11.5 Å². The molecule has 0 bridgehead atoms. The van der Waals surface area contributed by atoms with Crippen molar-refractivity contribution in [1.82, 2.24) is 0 Å². The molecule has 2 N–H and O–H groups in total. The molecular weight excluding hydrogens is 202 g/mol. The Hall–Kier alpha value is 0.310. The maximum absolute atomic E-state index is 6.31. The van der Waals surface area contributed by atoms with Crippen LogP contribution in [0.5, 0.6) is 0 Å². The van der Waals surface area contributed by atoms with E-state index in [1.165, 1.54) is 50.0 Å². The molecule has 1 saturated heterocycles. The molecular formula is C13H27NS. The van der Waals surface area contributed by atoms with Gasteiger partial charge in [-0.2, -0.15) is 11.8 Å². The summed E-state index contributed by atoms with van der Waals surface area (Å²) in [5, 5.41) is 0. The van der Waals surface area contributed by atoms with E-state index in [-0.39, 0.29) is 0 Å². The van der Waals surface area contributed by atoms with E-state index in [1.807, 2.05) is 0 Å². The van der Waals surface area contributed by atoms with Crippen LogP contribution in [-0.4, -0.2) is 17.5 Å². The van der Waals surface area contributed by atoms with Gasteiger partial charge in [-0.15, -0.1) is 0 Å². The maximum Gasteiger partial charge on any atom is 0.00779 e. The molecule has 0 spiro atoms. The molecule has 0 amide bonds. The van der Waals surface area contributed by atoms with Crippen molar-refractivity contribution in [2.45, 2.75) is 58.4 Å². The molecule has 1 fully saturated rings. The van der Waals surface area contributed by atoms with Gasteiger partial charge in [0.2, 0.25) is 0 Å². The minimum absolute atomic E-state index is 0.474. The summed E-state index contributed by atoms with van der Waals surface area (Å²) in [6.07, 6.45) is 8.03. The Morgan fingerprint density at radius 1 is 1.40 bits per heavy atom. The van der Waals surface area contributed by atoms with Crippen LogP contribution in [0.15, 0.2) is 0 Å². The Bertz CT molecular complexity index is 155. The highest BCUT2D eigenvalue weighted by molar-refractivity contribution is 7.99. The highest BCUT2D eigenvalue weighted by Gasteiger charge is 2.24. The molecule has 0 aromatic carbocycles. The number of thioether (sulfide) groups is 1. The van der Waals surface area contributed by atoms with Gasteiger partial charge >= 0.3 is 0 Å². The van der Waals surface area contributed by atoms with Crippen LogP contribution in [0.25, 0.3) is 0 Å². The lowest BCUT2D eigenvalue weighted by atomic mass is 9.87. The number of hydrogen-bond acceptors (Lipinski definition) is 2. The summed E-state index contributed by atoms with van der Waals surface area (Å²) in [7, 11) is 0. The molecule has 2 heteroatoms. The van der Waals surface area contributed by atoms with Crippen LogP contribution in [0.4, 0.5) is 0 Å². The van der Waals surface area contributed by atoms with Gasteiger partial charge in [-0.25, -0.2) is 0 Å². The average Bonchev–Trinajstić information content (AvgIpc) is 2.77. The standard InChI is InChI=1S/C13H27NS/c1-3-5-6-11(4-2)9-13(14)12-7-8-15-10-12/h11-13H,3-10,14H2,1-2H3. The topological polar surface area (TPSA) is 26.0 Å². The van der Waals surface area contributed by atoms with Crippen LogP contribution in [0.3, 0.4) is 0 Å². The largest absolute Gasteiger partial charge is 0.327 e. The zero-order valence-corrected chi connectivity index (χ0v) is 11.2. The predicted octanol–water partition coefficient (Wildman–Crippen LogP) is 3.67. The third kappa shape index (κ3) is 4.78. The van der Waals surface area contributed by atoms with E-state index in [0.29, 0.717) is 6.04 Å². The van der Waals surface area contributed by atoms with Crippen molar-refractivity contribution in [3.63, 3.8) is 0 Å². The van der Waals surface area contributed by atoms with Crippen molar-refractivity contribution in [3.8, 4) is 0 Å². The predicted molar refractivity (Wildman–Crippen MR) is 71.3 cm³/mol. The molecule has 0 aromatic rings. The summed E-state index contributed by atoms with van der Waals surface area (Å²) in [4.78, 5) is 0. The minimum Gasteiger partial charge on any atom is -0.327 e. The first-order valence-corrected chi connectivity index (χ1v) is 7.76. The smallest absolute Gasteiger partial charge is 0.00779 e. The molecule has 15 heavy (non-hydrogen) atoms. The average molecular weight is 229 g/mol. The number of hydrogen-bond donors (Lipinski definition) is 1. The molecule has 1 rings (SSSR count). The van der Waals surface area contributed by atoms with Crippen molar-refractivity contribution >= 4 is 11.8 Å². The third-order valence-electron chi connectivity index (χ3n) is 3.72. The van der Waals surface area contributed by atoms with Crippen LogP contribution in [-0.2, 0) is 0 Å². The van der Waals surface area contributed by atoms with Crippen LogP contribution < -0.4 is 5.73 Å². The fourth-order valence-electron chi connectivity index (χ4n) is 2.45. The maximum atomic E-state index is 6.31. The van der Waals surface area contributed by atoms with Gasteiger partial charge in [0, 0.05) is 6.04 Å². The van der Waals surface area contributed by atoms with E-state index in [0.717, 1.165) is 11.8 Å². The van der Waals surface area contributed by atoms with Crippen molar-refractivity contribution in [2.24, 2.45) is 17.6 Å². The van der Waals surface area contributed by atoms with Crippen LogP contribution in [0, 0.1) is 11.8 Å². The molecule has 3 atom stereocenters. The summed E-state index contributed by atoms with van der Waals surface area (Å²) in [5.41, 5.74) is 6.31. The van der Waals surface area contributed by atoms with E-state index in [9.17, 15) is 0 Å². The molecule has 0 aliphatic carbocycles. The summed E-state index contributed by atoms with van der Waals surface area (Å²) in [6, 6.07) is 0.474. The second-order valence-electron chi connectivity index (χ2n) is 4.94. The summed E-state index contributed by atoms with van der Waals surface area (Å²) in [5.74, 6) is 4.34. The lowest BCUT2D eigenvalue weighted by Crippen LogP contribution is -2.32. The number of rotatable bonds is 7. The van der Waals surface area contributed by atoms with E-state index in [2.05, 4.69) is 25.6 Å². The zero-order chi connectivity index (χ0) is 11.1. The summed E-state index contributed by atoms with van der Waals surface area (Å²) in [6.45, 7) is 4.59. The van der Waals surface area contributed by atoms with Gasteiger partial charge in [0.05, 0.1) is 0 Å². The second-order valence-corrected chi connectivity index (χ2v) is 6.09. The van der Waals surface area contributed by atoms with Gasteiger partial charge in [-0.05, 0) is 36.2 Å². The Morgan fingerprint density at radius 3 is 2.73 bits per heavy atom. The molecule has 0 radical (unpaired) electrons. The highest BCUT2D eigenvalue weighted by atomic mass is 32.2. The first-order valence-electron chi connectivity index (χ1n) is 6.61. The van der Waals surface area contributed by atoms with Crippen molar-refractivity contribution < 1.29 is 0 Å². The van der Waals surface area contributed by atoms with E-state index in [4.69, 9.17) is 5.73 Å². The minimum atomic E-state index is 0.474. The molecule has 0 saturated carbocycles. The monoisotopic (exact) mass is 229 g/mol. The second kappa shape index (κ2) is 7.56. The summed E-state index contributed by atoms with van der Waals surface area (Å²) >= 11 is 2.08. The van der Waals surface area contributed by atoms with Gasteiger partial charge < -0.3 is 5.73 Å². The van der Waals surface area contributed by atoms with Gasteiger partial charge in [0.1, 0.15) is 0 Å². The van der Waals surface area contributed by atoms with E-state index in [1.54, 1.807) is 0 Å². The van der Waals surface area contributed by atoms with E-state index >= 15 is 0 Å². The Kier molecular flexibility index (Phi) is 6.74. The molecule has 0 aromatic heterocycles. The Morgan fingerprint density at radius 2 is 2.20 bits per heavy atom. The molecule has 3 unspecified atom stereocenters. The van der Waals surface area contributed by atoms with E-state index < -0.39 is 0 Å². The first kappa shape index (κ1) is 13.4. The van der Waals surface area contributed by atoms with Gasteiger partial charge in [0.15, 0.2) is 0 Å². The van der Waals surface area contributed by atoms with Gasteiger partial charge in [-0.3, -0.25) is 0 Å². The first-order chi connectivity index (χ1) is 7.27. The third-order valence-corrected chi connectivity index (χ3v) is 4.91. The lowest BCUT2D eigenvalue weighted by molar-refractivity contribution is 0.333. The molecule has 90 valence electrons. The zero-order valence-electron chi connectivity index (χ0n) is 10.4.